The Bertz CT molecular complexity index is 575. The molecule has 1 amide bonds. The van der Waals surface area contributed by atoms with Gasteiger partial charge < -0.3 is 25.4 Å². The zero-order chi connectivity index (χ0) is 17.4. The van der Waals surface area contributed by atoms with Crippen LogP contribution >= 0.6 is 24.0 Å². The number of guanidine groups is 1. The van der Waals surface area contributed by atoms with Gasteiger partial charge >= 0.3 is 6.09 Å². The lowest BCUT2D eigenvalue weighted by Gasteiger charge is -2.32. The van der Waals surface area contributed by atoms with Crippen molar-refractivity contribution in [3.63, 3.8) is 0 Å². The molecule has 1 heterocycles. The van der Waals surface area contributed by atoms with Gasteiger partial charge in [-0.1, -0.05) is 12.1 Å². The van der Waals surface area contributed by atoms with Crippen LogP contribution < -0.4 is 10.6 Å². The van der Waals surface area contributed by atoms with Gasteiger partial charge in [0.1, 0.15) is 5.75 Å². The highest BCUT2D eigenvalue weighted by Gasteiger charge is 2.23. The summed E-state index contributed by atoms with van der Waals surface area (Å²) in [4.78, 5) is 17.8. The molecule has 0 aliphatic carbocycles. The predicted octanol–water partition coefficient (Wildman–Crippen LogP) is 2.30. The molecule has 1 aliphatic rings. The molecule has 1 aliphatic heterocycles. The van der Waals surface area contributed by atoms with Gasteiger partial charge in [0, 0.05) is 25.7 Å². The lowest BCUT2D eigenvalue weighted by atomic mass is 10.1. The summed E-state index contributed by atoms with van der Waals surface area (Å²) in [5, 5.41) is 16.2. The van der Waals surface area contributed by atoms with Gasteiger partial charge in [-0.05, 0) is 37.5 Å². The van der Waals surface area contributed by atoms with Crippen LogP contribution in [0.4, 0.5) is 4.79 Å². The molecule has 0 saturated carbocycles. The van der Waals surface area contributed by atoms with E-state index in [1.807, 2.05) is 19.1 Å². The van der Waals surface area contributed by atoms with Gasteiger partial charge in [0.25, 0.3) is 0 Å². The first-order chi connectivity index (χ1) is 11.6. The number of carbonyl (C=O) groups is 1. The highest BCUT2D eigenvalue weighted by Crippen LogP contribution is 2.13. The van der Waals surface area contributed by atoms with Crippen LogP contribution in [-0.2, 0) is 11.3 Å². The van der Waals surface area contributed by atoms with E-state index in [-0.39, 0.29) is 41.9 Å². The largest absolute Gasteiger partial charge is 0.508 e. The molecule has 0 radical (unpaired) electrons. The predicted molar refractivity (Wildman–Crippen MR) is 108 cm³/mol. The average Bonchev–Trinajstić information content (AvgIpc) is 2.60. The fourth-order valence-corrected chi connectivity index (χ4v) is 2.67. The molecule has 1 saturated heterocycles. The number of phenols is 1. The van der Waals surface area contributed by atoms with E-state index in [1.165, 1.54) is 7.11 Å². The number of rotatable bonds is 4. The number of carbonyl (C=O) groups excluding carboxylic acids is 1. The minimum atomic E-state index is -0.266. The molecule has 2 rings (SSSR count). The smallest absolute Gasteiger partial charge is 0.409 e. The van der Waals surface area contributed by atoms with Crippen LogP contribution in [0, 0.1) is 0 Å². The summed E-state index contributed by atoms with van der Waals surface area (Å²) in [5.74, 6) is 0.994. The molecule has 140 valence electrons. The Labute approximate surface area is 165 Å². The van der Waals surface area contributed by atoms with E-state index < -0.39 is 0 Å². The average molecular weight is 462 g/mol. The van der Waals surface area contributed by atoms with Crippen LogP contribution in [0.1, 0.15) is 25.3 Å². The summed E-state index contributed by atoms with van der Waals surface area (Å²) in [6, 6.07) is 7.37. The summed E-state index contributed by atoms with van der Waals surface area (Å²) in [6.45, 7) is 4.63. The van der Waals surface area contributed by atoms with Crippen molar-refractivity contribution in [2.75, 3.05) is 26.7 Å². The number of methoxy groups -OCH3 is 1. The van der Waals surface area contributed by atoms with Crippen LogP contribution in [0.5, 0.6) is 5.75 Å². The number of halogens is 1. The van der Waals surface area contributed by atoms with Crippen molar-refractivity contribution in [3.8, 4) is 5.75 Å². The second-order valence-electron chi connectivity index (χ2n) is 5.74. The first-order valence-electron chi connectivity index (χ1n) is 8.28. The number of likely N-dealkylation sites (tertiary alicyclic amines) is 1. The third-order valence-electron chi connectivity index (χ3n) is 3.94. The van der Waals surface area contributed by atoms with E-state index in [9.17, 15) is 9.90 Å². The van der Waals surface area contributed by atoms with Crippen molar-refractivity contribution in [1.82, 2.24) is 15.5 Å². The van der Waals surface area contributed by atoms with Gasteiger partial charge in [0.05, 0.1) is 13.7 Å². The maximum absolute atomic E-state index is 11.5. The fourth-order valence-electron chi connectivity index (χ4n) is 2.67. The summed E-state index contributed by atoms with van der Waals surface area (Å²) in [5.41, 5.74) is 0.952. The molecule has 25 heavy (non-hydrogen) atoms. The first kappa shape index (κ1) is 21.3. The highest BCUT2D eigenvalue weighted by molar-refractivity contribution is 14.0. The molecule has 3 N–H and O–H groups in total. The molecule has 0 bridgehead atoms. The lowest BCUT2D eigenvalue weighted by molar-refractivity contribution is 0.111. The van der Waals surface area contributed by atoms with Gasteiger partial charge in [-0.3, -0.25) is 0 Å². The second-order valence-corrected chi connectivity index (χ2v) is 5.74. The van der Waals surface area contributed by atoms with Gasteiger partial charge in [-0.25, -0.2) is 9.79 Å². The van der Waals surface area contributed by atoms with Crippen LogP contribution in [0.25, 0.3) is 0 Å². The maximum atomic E-state index is 11.5. The van der Waals surface area contributed by atoms with Crippen LogP contribution in [0.3, 0.4) is 0 Å². The van der Waals surface area contributed by atoms with E-state index in [1.54, 1.807) is 17.0 Å². The molecule has 8 heteroatoms. The summed E-state index contributed by atoms with van der Waals surface area (Å²) in [7, 11) is 1.41. The minimum absolute atomic E-state index is 0. The summed E-state index contributed by atoms with van der Waals surface area (Å²) < 4.78 is 4.75. The van der Waals surface area contributed by atoms with Gasteiger partial charge in [-0.2, -0.15) is 0 Å². The van der Waals surface area contributed by atoms with Crippen molar-refractivity contribution in [2.24, 2.45) is 4.99 Å². The fraction of sp³-hybridized carbons (Fsp3) is 0.529. The number of hydrogen-bond acceptors (Lipinski definition) is 4. The standard InChI is InChI=1S/C17H26N4O3.HI/c1-3-18-16(19-12-13-5-4-6-15(22)11-13)20-14-7-9-21(10-8-14)17(23)24-2;/h4-6,11,14,22H,3,7-10,12H2,1-2H3,(H2,18,19,20);1H. The number of phenolic OH excluding ortho intramolecular Hbond substituents is 1. The molecule has 0 unspecified atom stereocenters. The van der Waals surface area contributed by atoms with Crippen molar-refractivity contribution < 1.29 is 14.6 Å². The Balaban J connectivity index is 0.00000312. The van der Waals surface area contributed by atoms with Crippen LogP contribution in [0.15, 0.2) is 29.3 Å². The van der Waals surface area contributed by atoms with E-state index in [4.69, 9.17) is 4.74 Å². The van der Waals surface area contributed by atoms with E-state index >= 15 is 0 Å². The zero-order valence-electron chi connectivity index (χ0n) is 14.7. The van der Waals surface area contributed by atoms with E-state index in [0.29, 0.717) is 19.6 Å². The third kappa shape index (κ3) is 6.97. The van der Waals surface area contributed by atoms with Gasteiger partial charge in [-0.15, -0.1) is 24.0 Å². The molecule has 1 aromatic carbocycles. The quantitative estimate of drug-likeness (QED) is 0.363. The Morgan fingerprint density at radius 1 is 1.40 bits per heavy atom. The number of benzene rings is 1. The topological polar surface area (TPSA) is 86.2 Å². The molecule has 0 aromatic heterocycles. The molecule has 0 atom stereocenters. The van der Waals surface area contributed by atoms with E-state index in [0.717, 1.165) is 30.9 Å². The van der Waals surface area contributed by atoms with E-state index in [2.05, 4.69) is 15.6 Å². The van der Waals surface area contributed by atoms with Crippen molar-refractivity contribution >= 4 is 36.0 Å². The Morgan fingerprint density at radius 2 is 2.12 bits per heavy atom. The zero-order valence-corrected chi connectivity index (χ0v) is 17.0. The maximum Gasteiger partial charge on any atom is 0.409 e. The van der Waals surface area contributed by atoms with Gasteiger partial charge in [0.2, 0.25) is 0 Å². The number of piperidine rings is 1. The number of nitrogens with one attached hydrogen (secondary N) is 2. The molecule has 7 nitrogen and oxygen atoms in total. The Morgan fingerprint density at radius 3 is 2.72 bits per heavy atom. The van der Waals surface area contributed by atoms with Gasteiger partial charge in [0.15, 0.2) is 5.96 Å². The number of aliphatic imine (C=N–C) groups is 1. The third-order valence-corrected chi connectivity index (χ3v) is 3.94. The molecule has 1 aromatic rings. The SMILES string of the molecule is CCNC(=NCc1cccc(O)c1)NC1CCN(C(=O)OC)CC1.I. The molecule has 0 spiro atoms. The van der Waals surface area contributed by atoms with Crippen molar-refractivity contribution in [2.45, 2.75) is 32.4 Å². The summed E-state index contributed by atoms with van der Waals surface area (Å²) >= 11 is 0. The Hall–Kier alpha value is -1.71. The monoisotopic (exact) mass is 462 g/mol. The second kappa shape index (κ2) is 11.0. The lowest BCUT2D eigenvalue weighted by Crippen LogP contribution is -2.49. The number of hydrogen-bond donors (Lipinski definition) is 3. The first-order valence-corrected chi connectivity index (χ1v) is 8.28. The number of aromatic hydroxyl groups is 1. The normalized spacial score (nSPS) is 15.3. The number of ether oxygens (including phenoxy) is 1. The molecular weight excluding hydrogens is 435 g/mol. The van der Waals surface area contributed by atoms with Crippen LogP contribution in [0.2, 0.25) is 0 Å². The molecule has 1 fully saturated rings. The minimum Gasteiger partial charge on any atom is -0.508 e. The number of amides is 1. The number of nitrogens with zero attached hydrogens (tertiary/aromatic N) is 2. The Kier molecular flexibility index (Phi) is 9.40. The van der Waals surface area contributed by atoms with Crippen molar-refractivity contribution in [3.05, 3.63) is 29.8 Å². The molecular formula is C17H27IN4O3. The summed E-state index contributed by atoms with van der Waals surface area (Å²) in [6.07, 6.45) is 1.44. The highest BCUT2D eigenvalue weighted by atomic mass is 127. The van der Waals surface area contributed by atoms with Crippen molar-refractivity contribution in [1.29, 1.82) is 0 Å². The van der Waals surface area contributed by atoms with Crippen LogP contribution in [-0.4, -0.2) is 54.8 Å².